The van der Waals surface area contributed by atoms with Crippen LogP contribution in [0.3, 0.4) is 0 Å². The summed E-state index contributed by atoms with van der Waals surface area (Å²) in [4.78, 5) is 20.8. The van der Waals surface area contributed by atoms with E-state index in [4.69, 9.17) is 50.3 Å². The van der Waals surface area contributed by atoms with E-state index in [0.29, 0.717) is 52.7 Å². The first-order chi connectivity index (χ1) is 28.8. The van der Waals surface area contributed by atoms with Crippen LogP contribution < -0.4 is 22.1 Å². The highest BCUT2D eigenvalue weighted by Gasteiger charge is 2.22. The Balaban J connectivity index is 0. The second kappa shape index (κ2) is 35.5. The minimum absolute atomic E-state index is 0. The van der Waals surface area contributed by atoms with E-state index in [2.05, 4.69) is 15.4 Å². The summed E-state index contributed by atoms with van der Waals surface area (Å²) in [7, 11) is -4.02. The predicted octanol–water partition coefficient (Wildman–Crippen LogP) is 4.59. The lowest BCUT2D eigenvalue weighted by Crippen LogP contribution is -2.24. The number of aliphatic hydroxyl groups is 3. The molecule has 2 fully saturated rings. The van der Waals surface area contributed by atoms with Gasteiger partial charge >= 0.3 is 12.2 Å². The zero-order chi connectivity index (χ0) is 44.0. The Morgan fingerprint density at radius 2 is 1.00 bits per heavy atom. The second-order valence-electron chi connectivity index (χ2n) is 13.1. The summed E-state index contributed by atoms with van der Waals surface area (Å²) in [6, 6.07) is 35.5. The van der Waals surface area contributed by atoms with Crippen molar-refractivity contribution in [3.05, 3.63) is 138 Å². The van der Waals surface area contributed by atoms with E-state index < -0.39 is 28.4 Å². The molecule has 0 radical (unpaired) electrons. The SMILES string of the molecule is C.C.C.Cc1ccc(S(=O)(=O)O)cc1.NCC(O)COCc1ccccc1.NCC(O)COCc1ccccc1.O=C1NCC(CO)O1.O=C1NCC(COCc2ccccc2)O1. The molecule has 2 aliphatic rings. The van der Waals surface area contributed by atoms with Crippen molar-refractivity contribution in [1.82, 2.24) is 10.6 Å². The molecule has 0 aromatic heterocycles. The molecular weight excluding hydrogens is 837 g/mol. The van der Waals surface area contributed by atoms with Gasteiger partial charge in [0.25, 0.3) is 10.1 Å². The van der Waals surface area contributed by atoms with Gasteiger partial charge in [-0.05, 0) is 35.7 Å². The molecule has 0 bridgehead atoms. The van der Waals surface area contributed by atoms with Crippen molar-refractivity contribution in [2.45, 2.75) is 78.3 Å². The molecule has 6 rings (SSSR count). The van der Waals surface area contributed by atoms with E-state index in [9.17, 15) is 18.0 Å². The Kier molecular flexibility index (Phi) is 33.8. The van der Waals surface area contributed by atoms with Gasteiger partial charge < -0.3 is 61.1 Å². The van der Waals surface area contributed by atoms with Gasteiger partial charge in [-0.25, -0.2) is 9.59 Å². The summed E-state index contributed by atoms with van der Waals surface area (Å²) in [5, 5.41) is 31.5. The van der Waals surface area contributed by atoms with Gasteiger partial charge in [-0.3, -0.25) is 4.55 Å². The van der Waals surface area contributed by atoms with Crippen LogP contribution in [0.25, 0.3) is 0 Å². The summed E-state index contributed by atoms with van der Waals surface area (Å²) in [6.45, 7) is 5.83. The van der Waals surface area contributed by atoms with Crippen LogP contribution in [0.4, 0.5) is 9.59 Å². The van der Waals surface area contributed by atoms with Crippen molar-refractivity contribution in [3.63, 3.8) is 0 Å². The maximum atomic E-state index is 10.7. The van der Waals surface area contributed by atoms with Gasteiger partial charge in [0.1, 0.15) is 12.2 Å². The summed E-state index contributed by atoms with van der Waals surface area (Å²) in [6.07, 6.45) is -2.39. The lowest BCUT2D eigenvalue weighted by molar-refractivity contribution is 0.0329. The highest BCUT2D eigenvalue weighted by molar-refractivity contribution is 7.85. The van der Waals surface area contributed by atoms with Gasteiger partial charge in [0, 0.05) is 13.1 Å². The lowest BCUT2D eigenvalue weighted by atomic mass is 10.2. The first-order valence-corrected chi connectivity index (χ1v) is 20.4. The molecule has 10 N–H and O–H groups in total. The summed E-state index contributed by atoms with van der Waals surface area (Å²) in [5.41, 5.74) is 14.7. The number of carbonyl (C=O) groups is 2. The number of cyclic esters (lactones) is 2. The molecule has 354 valence electrons. The molecule has 4 aromatic rings. The zero-order valence-electron chi connectivity index (χ0n) is 33.6. The third-order valence-corrected chi connectivity index (χ3v) is 8.69. The summed E-state index contributed by atoms with van der Waals surface area (Å²) in [5.74, 6) is 0. The molecule has 17 nitrogen and oxygen atoms in total. The molecule has 2 aliphatic heterocycles. The third-order valence-electron chi connectivity index (χ3n) is 7.82. The van der Waals surface area contributed by atoms with Crippen molar-refractivity contribution in [2.75, 3.05) is 52.6 Å². The van der Waals surface area contributed by atoms with E-state index in [1.165, 1.54) is 12.1 Å². The van der Waals surface area contributed by atoms with Gasteiger partial charge in [-0.15, -0.1) is 0 Å². The Bertz CT molecular complexity index is 1780. The molecule has 0 aliphatic carbocycles. The number of amides is 2. The second-order valence-corrected chi connectivity index (χ2v) is 14.5. The fourth-order valence-corrected chi connectivity index (χ4v) is 5.04. The van der Waals surface area contributed by atoms with E-state index in [-0.39, 0.29) is 65.2 Å². The maximum Gasteiger partial charge on any atom is 0.407 e. The number of nitrogens with one attached hydrogen (secondary N) is 2. The highest BCUT2D eigenvalue weighted by atomic mass is 32.2. The molecule has 2 heterocycles. The van der Waals surface area contributed by atoms with E-state index in [1.54, 1.807) is 12.1 Å². The van der Waals surface area contributed by atoms with E-state index in [1.807, 2.05) is 97.9 Å². The average Bonchev–Trinajstić information content (AvgIpc) is 3.89. The Morgan fingerprint density at radius 3 is 1.30 bits per heavy atom. The standard InChI is InChI=1S/C11H13NO3.2C10H15NO2.C7H8O3S.C4H7NO3.3CH4/c13-11-12-6-10(15-11)8-14-7-9-4-2-1-3-5-9;2*11-6-10(12)8-13-7-9-4-2-1-3-5-9;1-6-2-4-7(5-3-6)11(8,9)10;6-2-3-1-5-4(7)8-3;;;/h1-5,10H,6-8H2,(H,12,13);2*1-5,10,12H,6-8,11H2;2-5H,1H3,(H,8,9,10);3,6H,1-2H2,(H,5,7);3*1H4. The van der Waals surface area contributed by atoms with Crippen LogP contribution in [0.2, 0.25) is 0 Å². The van der Waals surface area contributed by atoms with Crippen molar-refractivity contribution in [1.29, 1.82) is 0 Å². The number of carbonyl (C=O) groups excluding carboxylic acids is 2. The molecule has 4 atom stereocenters. The maximum absolute atomic E-state index is 10.7. The first kappa shape index (κ1) is 60.1. The van der Waals surface area contributed by atoms with Gasteiger partial charge in [0.15, 0.2) is 0 Å². The number of rotatable bonds is 16. The number of benzene rings is 4. The Hall–Kier alpha value is -4.99. The minimum atomic E-state index is -4.02. The predicted molar refractivity (Wildman–Crippen MR) is 243 cm³/mol. The van der Waals surface area contributed by atoms with Gasteiger partial charge in [0.2, 0.25) is 0 Å². The molecule has 2 saturated heterocycles. The fourth-order valence-electron chi connectivity index (χ4n) is 4.56. The van der Waals surface area contributed by atoms with Crippen molar-refractivity contribution in [2.24, 2.45) is 11.5 Å². The van der Waals surface area contributed by atoms with Crippen LogP contribution in [0.15, 0.2) is 120 Å². The number of alkyl carbamates (subject to hydrolysis) is 2. The number of hydrogen-bond donors (Lipinski definition) is 8. The quantitative estimate of drug-likeness (QED) is 0.0715. The van der Waals surface area contributed by atoms with Crippen LogP contribution in [-0.2, 0) is 53.6 Å². The Morgan fingerprint density at radius 1 is 0.635 bits per heavy atom. The number of ether oxygens (including phenoxy) is 5. The fraction of sp³-hybridized carbons (Fsp3) is 0.422. The topological polar surface area (TPSA) is 271 Å². The van der Waals surface area contributed by atoms with Crippen molar-refractivity contribution >= 4 is 22.3 Å². The molecule has 4 unspecified atom stereocenters. The smallest absolute Gasteiger partial charge is 0.407 e. The van der Waals surface area contributed by atoms with Gasteiger partial charge in [0.05, 0.1) is 76.4 Å². The van der Waals surface area contributed by atoms with Gasteiger partial charge in [-0.2, -0.15) is 8.42 Å². The van der Waals surface area contributed by atoms with Crippen molar-refractivity contribution < 1.29 is 61.6 Å². The summed E-state index contributed by atoms with van der Waals surface area (Å²) >= 11 is 0. The molecule has 63 heavy (non-hydrogen) atoms. The normalized spacial score (nSPS) is 15.4. The lowest BCUT2D eigenvalue weighted by Gasteiger charge is -2.08. The largest absolute Gasteiger partial charge is 0.442 e. The summed E-state index contributed by atoms with van der Waals surface area (Å²) < 4.78 is 54.9. The molecule has 4 aromatic carbocycles. The molecule has 18 heteroatoms. The monoisotopic (exact) mass is 906 g/mol. The minimum Gasteiger partial charge on any atom is -0.442 e. The Labute approximate surface area is 373 Å². The van der Waals surface area contributed by atoms with E-state index in [0.717, 1.165) is 22.3 Å². The third kappa shape index (κ3) is 29.1. The average molecular weight is 907 g/mol. The zero-order valence-corrected chi connectivity index (χ0v) is 34.4. The number of aliphatic hydroxyl groups excluding tert-OH is 3. The van der Waals surface area contributed by atoms with Crippen LogP contribution in [0, 0.1) is 6.92 Å². The van der Waals surface area contributed by atoms with Crippen LogP contribution in [0.1, 0.15) is 44.5 Å². The molecule has 0 saturated carbocycles. The molecular formula is C45H70N4O13S. The number of hydrogen-bond acceptors (Lipinski definition) is 14. The van der Waals surface area contributed by atoms with Gasteiger partial charge in [-0.1, -0.05) is 131 Å². The van der Waals surface area contributed by atoms with Crippen LogP contribution in [-0.4, -0.2) is 117 Å². The first-order valence-electron chi connectivity index (χ1n) is 19.0. The highest BCUT2D eigenvalue weighted by Crippen LogP contribution is 2.09. The van der Waals surface area contributed by atoms with Crippen LogP contribution >= 0.6 is 0 Å². The molecule has 0 spiro atoms. The molecule has 2 amide bonds. The number of aryl methyl sites for hydroxylation is 1. The van der Waals surface area contributed by atoms with Crippen LogP contribution in [0.5, 0.6) is 0 Å². The number of nitrogens with two attached hydrogens (primary N) is 2. The van der Waals surface area contributed by atoms with Crippen molar-refractivity contribution in [3.8, 4) is 0 Å². The van der Waals surface area contributed by atoms with E-state index >= 15 is 0 Å².